The third kappa shape index (κ3) is 4.22. The van der Waals surface area contributed by atoms with Crippen molar-refractivity contribution < 1.29 is 18.8 Å². The van der Waals surface area contributed by atoms with E-state index in [9.17, 15) is 9.59 Å². The average Bonchev–Trinajstić information content (AvgIpc) is 2.95. The molecular formula is C18H22N2O4. The zero-order valence-corrected chi connectivity index (χ0v) is 14.3. The summed E-state index contributed by atoms with van der Waals surface area (Å²) in [5.74, 6) is -0.302. The van der Waals surface area contributed by atoms with Crippen molar-refractivity contribution in [3.63, 3.8) is 0 Å². The summed E-state index contributed by atoms with van der Waals surface area (Å²) in [5.41, 5.74) is 1.40. The number of nitrogens with zero attached hydrogens (tertiary/aromatic N) is 1. The first-order valence-corrected chi connectivity index (χ1v) is 7.88. The highest BCUT2D eigenvalue weighted by molar-refractivity contribution is 5.98. The molecule has 1 atom stereocenters. The van der Waals surface area contributed by atoms with Crippen LogP contribution in [0.1, 0.15) is 36.9 Å². The molecule has 1 N–H and O–H groups in total. The number of aryl methyl sites for hydroxylation is 1. The maximum absolute atomic E-state index is 12.3. The number of benzene rings is 1. The molecule has 0 aliphatic heterocycles. The van der Waals surface area contributed by atoms with Crippen molar-refractivity contribution in [2.75, 3.05) is 6.61 Å². The minimum absolute atomic E-state index is 0.00779. The minimum atomic E-state index is -0.625. The molecule has 0 radical (unpaired) electrons. The summed E-state index contributed by atoms with van der Waals surface area (Å²) in [6.07, 6.45) is 0. The number of hydrogen-bond acceptors (Lipinski definition) is 5. The summed E-state index contributed by atoms with van der Waals surface area (Å²) in [6.45, 7) is 7.21. The van der Waals surface area contributed by atoms with E-state index in [4.69, 9.17) is 9.26 Å². The van der Waals surface area contributed by atoms with Gasteiger partial charge in [0.25, 0.3) is 5.91 Å². The molecule has 0 saturated heterocycles. The first kappa shape index (κ1) is 17.7. The van der Waals surface area contributed by atoms with E-state index in [1.807, 2.05) is 51.1 Å². The van der Waals surface area contributed by atoms with Crippen LogP contribution in [0.25, 0.3) is 11.3 Å². The Labute approximate surface area is 141 Å². The number of amides is 1. The second kappa shape index (κ2) is 7.77. The van der Waals surface area contributed by atoms with Crippen molar-refractivity contribution >= 4 is 11.9 Å². The lowest BCUT2D eigenvalue weighted by Crippen LogP contribution is -2.38. The van der Waals surface area contributed by atoms with E-state index >= 15 is 0 Å². The summed E-state index contributed by atoms with van der Waals surface area (Å²) in [7, 11) is 0. The number of carbonyl (C=O) groups is 2. The van der Waals surface area contributed by atoms with Crippen LogP contribution in [-0.4, -0.2) is 29.7 Å². The summed E-state index contributed by atoms with van der Waals surface area (Å²) >= 11 is 0. The second-order valence-corrected chi connectivity index (χ2v) is 6.00. The Hall–Kier alpha value is -2.63. The van der Waals surface area contributed by atoms with Gasteiger partial charge in [0.2, 0.25) is 0 Å². The molecular weight excluding hydrogens is 308 g/mol. The van der Waals surface area contributed by atoms with Crippen LogP contribution < -0.4 is 5.32 Å². The fourth-order valence-corrected chi connectivity index (χ4v) is 2.07. The zero-order valence-electron chi connectivity index (χ0n) is 14.3. The molecule has 0 aliphatic rings. The van der Waals surface area contributed by atoms with Crippen LogP contribution in [-0.2, 0) is 9.53 Å². The Bertz CT molecular complexity index is 707. The maximum Gasteiger partial charge on any atom is 0.344 e. The molecule has 6 heteroatoms. The third-order valence-electron chi connectivity index (χ3n) is 3.84. The van der Waals surface area contributed by atoms with Gasteiger partial charge in [0.05, 0.1) is 0 Å². The molecule has 0 bridgehead atoms. The Balaban J connectivity index is 2.06. The molecule has 0 fully saturated rings. The van der Waals surface area contributed by atoms with Crippen molar-refractivity contribution in [2.45, 2.75) is 33.7 Å². The summed E-state index contributed by atoms with van der Waals surface area (Å²) < 4.78 is 10.2. The van der Waals surface area contributed by atoms with Gasteiger partial charge in [0, 0.05) is 11.6 Å². The van der Waals surface area contributed by atoms with Gasteiger partial charge >= 0.3 is 5.97 Å². The number of ether oxygens (including phenoxy) is 1. The number of carbonyl (C=O) groups excluding carboxylic acids is 2. The predicted molar refractivity (Wildman–Crippen MR) is 89.4 cm³/mol. The van der Waals surface area contributed by atoms with Crippen molar-refractivity contribution in [3.8, 4) is 11.3 Å². The van der Waals surface area contributed by atoms with E-state index in [1.54, 1.807) is 6.92 Å². The molecule has 24 heavy (non-hydrogen) atoms. The number of esters is 1. The van der Waals surface area contributed by atoms with E-state index in [2.05, 4.69) is 10.5 Å². The SMILES string of the molecule is Cc1onc(-c2ccccc2)c1C(=O)OCC(=O)N[C@H](C)C(C)C. The van der Waals surface area contributed by atoms with Gasteiger partial charge in [0.1, 0.15) is 17.0 Å². The van der Waals surface area contributed by atoms with Crippen LogP contribution in [0.5, 0.6) is 0 Å². The highest BCUT2D eigenvalue weighted by Crippen LogP contribution is 2.25. The smallest absolute Gasteiger partial charge is 0.344 e. The van der Waals surface area contributed by atoms with Crippen LogP contribution in [0.15, 0.2) is 34.9 Å². The normalized spacial score (nSPS) is 12.0. The Morgan fingerprint density at radius 3 is 2.50 bits per heavy atom. The summed E-state index contributed by atoms with van der Waals surface area (Å²) in [5, 5.41) is 6.72. The molecule has 128 valence electrons. The molecule has 1 aromatic heterocycles. The third-order valence-corrected chi connectivity index (χ3v) is 3.84. The van der Waals surface area contributed by atoms with E-state index in [1.165, 1.54) is 0 Å². The molecule has 2 aromatic rings. The van der Waals surface area contributed by atoms with Gasteiger partial charge in [-0.2, -0.15) is 0 Å². The lowest BCUT2D eigenvalue weighted by molar-refractivity contribution is -0.125. The molecule has 0 unspecified atom stereocenters. The molecule has 2 rings (SSSR count). The van der Waals surface area contributed by atoms with Gasteiger partial charge in [-0.3, -0.25) is 4.79 Å². The molecule has 1 heterocycles. The lowest BCUT2D eigenvalue weighted by Gasteiger charge is -2.17. The van der Waals surface area contributed by atoms with E-state index < -0.39 is 5.97 Å². The van der Waals surface area contributed by atoms with Crippen molar-refractivity contribution in [1.82, 2.24) is 10.5 Å². The van der Waals surface area contributed by atoms with Gasteiger partial charge in [-0.1, -0.05) is 49.3 Å². The van der Waals surface area contributed by atoms with Gasteiger partial charge < -0.3 is 14.6 Å². The lowest BCUT2D eigenvalue weighted by atomic mass is 10.1. The standard InChI is InChI=1S/C18H22N2O4/c1-11(2)12(3)19-15(21)10-23-18(22)16-13(4)24-20-17(16)14-8-6-5-7-9-14/h5-9,11-12H,10H2,1-4H3,(H,19,21)/t12-/m1/s1. The fourth-order valence-electron chi connectivity index (χ4n) is 2.07. The van der Waals surface area contributed by atoms with Crippen molar-refractivity contribution in [3.05, 3.63) is 41.7 Å². The molecule has 0 spiro atoms. The molecule has 0 saturated carbocycles. The van der Waals surface area contributed by atoms with Gasteiger partial charge in [-0.05, 0) is 19.8 Å². The largest absolute Gasteiger partial charge is 0.452 e. The van der Waals surface area contributed by atoms with Crippen LogP contribution in [0.3, 0.4) is 0 Å². The Kier molecular flexibility index (Phi) is 5.73. The molecule has 1 amide bonds. The Morgan fingerprint density at radius 2 is 1.88 bits per heavy atom. The first-order valence-electron chi connectivity index (χ1n) is 7.88. The molecule has 6 nitrogen and oxygen atoms in total. The maximum atomic E-state index is 12.3. The highest BCUT2D eigenvalue weighted by Gasteiger charge is 2.23. The van der Waals surface area contributed by atoms with Gasteiger partial charge in [-0.15, -0.1) is 0 Å². The Morgan fingerprint density at radius 1 is 1.21 bits per heavy atom. The second-order valence-electron chi connectivity index (χ2n) is 6.00. The fraction of sp³-hybridized carbons (Fsp3) is 0.389. The van der Waals surface area contributed by atoms with Crippen LogP contribution in [0, 0.1) is 12.8 Å². The summed E-state index contributed by atoms with van der Waals surface area (Å²) in [6, 6.07) is 9.21. The quantitative estimate of drug-likeness (QED) is 0.824. The minimum Gasteiger partial charge on any atom is -0.452 e. The topological polar surface area (TPSA) is 81.4 Å². The molecule has 0 aliphatic carbocycles. The van der Waals surface area contributed by atoms with Crippen molar-refractivity contribution in [1.29, 1.82) is 0 Å². The van der Waals surface area contributed by atoms with E-state index in [-0.39, 0.29) is 24.1 Å². The number of hydrogen-bond donors (Lipinski definition) is 1. The van der Waals surface area contributed by atoms with Crippen LogP contribution in [0.4, 0.5) is 0 Å². The van der Waals surface area contributed by atoms with Crippen LogP contribution >= 0.6 is 0 Å². The van der Waals surface area contributed by atoms with Gasteiger partial charge in [0.15, 0.2) is 6.61 Å². The van der Waals surface area contributed by atoms with Crippen molar-refractivity contribution in [2.24, 2.45) is 5.92 Å². The van der Waals surface area contributed by atoms with Gasteiger partial charge in [-0.25, -0.2) is 4.79 Å². The monoisotopic (exact) mass is 330 g/mol. The van der Waals surface area contributed by atoms with E-state index in [0.29, 0.717) is 17.4 Å². The molecule has 1 aromatic carbocycles. The predicted octanol–water partition coefficient (Wildman–Crippen LogP) is 2.97. The highest BCUT2D eigenvalue weighted by atomic mass is 16.5. The average molecular weight is 330 g/mol. The number of rotatable bonds is 6. The first-order chi connectivity index (χ1) is 11.4. The number of aromatic nitrogens is 1. The zero-order chi connectivity index (χ0) is 17.7. The van der Waals surface area contributed by atoms with Crippen LogP contribution in [0.2, 0.25) is 0 Å². The van der Waals surface area contributed by atoms with E-state index in [0.717, 1.165) is 5.56 Å². The summed E-state index contributed by atoms with van der Waals surface area (Å²) in [4.78, 5) is 24.2. The number of nitrogens with one attached hydrogen (secondary N) is 1.